The molecule has 4 aromatic rings. The quantitative estimate of drug-likeness (QED) is 0.422. The second-order valence-corrected chi connectivity index (χ2v) is 7.35. The van der Waals surface area contributed by atoms with Crippen LogP contribution in [0, 0.1) is 0 Å². The molecular weight excluding hydrogens is 432 g/mol. The normalized spacial score (nSPS) is 11.9. The summed E-state index contributed by atoms with van der Waals surface area (Å²) in [4.78, 5) is 29.6. The fraction of sp³-hybridized carbons (Fsp3) is 0.0870. The summed E-state index contributed by atoms with van der Waals surface area (Å²) < 4.78 is 7.93. The van der Waals surface area contributed by atoms with Gasteiger partial charge in [-0.1, -0.05) is 76.6 Å². The van der Waals surface area contributed by atoms with Crippen molar-refractivity contribution in [2.45, 2.75) is 12.6 Å². The minimum atomic E-state index is -0.594. The molecule has 4 rings (SSSR count). The van der Waals surface area contributed by atoms with Crippen molar-refractivity contribution >= 4 is 32.8 Å². The van der Waals surface area contributed by atoms with Crippen molar-refractivity contribution in [3.05, 3.63) is 111 Å². The highest BCUT2D eigenvalue weighted by Gasteiger charge is 2.21. The summed E-state index contributed by atoms with van der Waals surface area (Å²) >= 11 is 3.53. The Morgan fingerprint density at radius 1 is 0.966 bits per heavy atom. The van der Waals surface area contributed by atoms with Crippen LogP contribution in [0.4, 0.5) is 0 Å². The minimum Gasteiger partial charge on any atom is -0.451 e. The first-order valence-corrected chi connectivity index (χ1v) is 9.86. The highest BCUT2D eigenvalue weighted by Crippen LogP contribution is 2.31. The smallest absolute Gasteiger partial charge is 0.327 e. The van der Waals surface area contributed by atoms with E-state index in [0.717, 1.165) is 15.6 Å². The topological polar surface area (TPSA) is 61.2 Å². The Labute approximate surface area is 175 Å². The van der Waals surface area contributed by atoms with Gasteiger partial charge in [0.1, 0.15) is 6.54 Å². The third kappa shape index (κ3) is 4.12. The number of hydrogen-bond donors (Lipinski definition) is 0. The lowest BCUT2D eigenvalue weighted by atomic mass is 10.0. The maximum atomic E-state index is 12.7. The lowest BCUT2D eigenvalue weighted by Crippen LogP contribution is -2.26. The Morgan fingerprint density at radius 2 is 1.66 bits per heavy atom. The van der Waals surface area contributed by atoms with Crippen LogP contribution in [0.2, 0.25) is 0 Å². The van der Waals surface area contributed by atoms with Crippen LogP contribution >= 0.6 is 15.9 Å². The van der Waals surface area contributed by atoms with Gasteiger partial charge in [-0.05, 0) is 23.8 Å². The minimum absolute atomic E-state index is 0.218. The average molecular weight is 449 g/mol. The van der Waals surface area contributed by atoms with Crippen LogP contribution in [0.5, 0.6) is 0 Å². The zero-order valence-electron chi connectivity index (χ0n) is 15.4. The molecule has 144 valence electrons. The molecule has 0 radical (unpaired) electrons. The number of carbonyl (C=O) groups is 1. The van der Waals surface area contributed by atoms with E-state index in [1.54, 1.807) is 18.2 Å². The molecule has 1 atom stereocenters. The number of aromatic nitrogens is 2. The zero-order valence-corrected chi connectivity index (χ0v) is 17.0. The summed E-state index contributed by atoms with van der Waals surface area (Å²) in [6.45, 7) is -0.218. The number of benzene rings is 3. The lowest BCUT2D eigenvalue weighted by molar-refractivity contribution is -0.148. The molecule has 0 saturated carbocycles. The van der Waals surface area contributed by atoms with E-state index in [1.807, 2.05) is 60.7 Å². The maximum absolute atomic E-state index is 12.7. The number of rotatable bonds is 5. The molecule has 0 saturated heterocycles. The second kappa shape index (κ2) is 8.41. The highest BCUT2D eigenvalue weighted by molar-refractivity contribution is 9.10. The fourth-order valence-corrected chi connectivity index (χ4v) is 3.65. The summed E-state index contributed by atoms with van der Waals surface area (Å²) in [6, 6.07) is 24.1. The number of esters is 1. The molecule has 0 spiro atoms. The first-order valence-electron chi connectivity index (χ1n) is 9.06. The molecule has 5 nitrogen and oxygen atoms in total. The van der Waals surface area contributed by atoms with E-state index in [4.69, 9.17) is 4.74 Å². The van der Waals surface area contributed by atoms with Crippen LogP contribution < -0.4 is 5.56 Å². The predicted molar refractivity (Wildman–Crippen MR) is 115 cm³/mol. The lowest BCUT2D eigenvalue weighted by Gasteiger charge is -2.20. The number of nitrogens with zero attached hydrogens (tertiary/aromatic N) is 2. The third-order valence-corrected chi connectivity index (χ3v) is 5.29. The summed E-state index contributed by atoms with van der Waals surface area (Å²) in [7, 11) is 0. The SMILES string of the molecule is O=C(Cn1cnc2ccccc2c1=O)OC(c1ccccc1)c1ccccc1Br. The van der Waals surface area contributed by atoms with E-state index in [1.165, 1.54) is 10.9 Å². The van der Waals surface area contributed by atoms with E-state index >= 15 is 0 Å². The first kappa shape index (κ1) is 19.1. The van der Waals surface area contributed by atoms with E-state index in [2.05, 4.69) is 20.9 Å². The molecule has 29 heavy (non-hydrogen) atoms. The number of ether oxygens (including phenoxy) is 1. The van der Waals surface area contributed by atoms with Crippen molar-refractivity contribution in [2.24, 2.45) is 0 Å². The molecule has 0 fully saturated rings. The summed E-state index contributed by atoms with van der Waals surface area (Å²) in [5.41, 5.74) is 2.00. The molecule has 0 aliphatic heterocycles. The summed E-state index contributed by atoms with van der Waals surface area (Å²) in [5, 5.41) is 0.466. The van der Waals surface area contributed by atoms with E-state index in [-0.39, 0.29) is 12.1 Å². The van der Waals surface area contributed by atoms with Gasteiger partial charge in [0.2, 0.25) is 0 Å². The average Bonchev–Trinajstić information content (AvgIpc) is 2.75. The molecule has 1 heterocycles. The third-order valence-electron chi connectivity index (χ3n) is 4.57. The molecular formula is C23H17BrN2O3. The van der Waals surface area contributed by atoms with Gasteiger partial charge >= 0.3 is 5.97 Å². The molecule has 0 N–H and O–H groups in total. The van der Waals surface area contributed by atoms with Crippen LogP contribution in [-0.2, 0) is 16.1 Å². The Balaban J connectivity index is 1.63. The molecule has 6 heteroatoms. The van der Waals surface area contributed by atoms with Crippen molar-refractivity contribution in [2.75, 3.05) is 0 Å². The first-order chi connectivity index (χ1) is 14.1. The number of para-hydroxylation sites is 1. The van der Waals surface area contributed by atoms with Crippen LogP contribution in [0.15, 0.2) is 94.5 Å². The van der Waals surface area contributed by atoms with Gasteiger partial charge in [-0.2, -0.15) is 0 Å². The largest absolute Gasteiger partial charge is 0.451 e. The highest BCUT2D eigenvalue weighted by atomic mass is 79.9. The number of carbonyl (C=O) groups excluding carboxylic acids is 1. The molecule has 1 unspecified atom stereocenters. The van der Waals surface area contributed by atoms with Gasteiger partial charge in [0.15, 0.2) is 6.10 Å². The maximum Gasteiger partial charge on any atom is 0.327 e. The van der Waals surface area contributed by atoms with E-state index in [9.17, 15) is 9.59 Å². The Bertz CT molecular complexity index is 1220. The molecule has 0 aliphatic rings. The standard InChI is InChI=1S/C23H17BrN2O3/c24-19-12-6-4-10-17(19)22(16-8-2-1-3-9-16)29-21(27)14-26-15-25-20-13-7-5-11-18(20)23(26)28/h1-13,15,22H,14H2. The van der Waals surface area contributed by atoms with E-state index in [0.29, 0.717) is 10.9 Å². The van der Waals surface area contributed by atoms with Crippen molar-refractivity contribution < 1.29 is 9.53 Å². The van der Waals surface area contributed by atoms with Gasteiger partial charge in [-0.15, -0.1) is 0 Å². The van der Waals surface area contributed by atoms with Gasteiger partial charge in [0, 0.05) is 10.0 Å². The van der Waals surface area contributed by atoms with Crippen LogP contribution in [0.3, 0.4) is 0 Å². The van der Waals surface area contributed by atoms with Crippen molar-refractivity contribution in [3.8, 4) is 0 Å². The van der Waals surface area contributed by atoms with Gasteiger partial charge in [0.05, 0.1) is 17.2 Å². The van der Waals surface area contributed by atoms with Crippen molar-refractivity contribution in [1.82, 2.24) is 9.55 Å². The van der Waals surface area contributed by atoms with Gasteiger partial charge in [-0.25, -0.2) is 4.98 Å². The van der Waals surface area contributed by atoms with Crippen molar-refractivity contribution in [3.63, 3.8) is 0 Å². The van der Waals surface area contributed by atoms with Crippen LogP contribution in [0.1, 0.15) is 17.2 Å². The van der Waals surface area contributed by atoms with Gasteiger partial charge < -0.3 is 4.74 Å². The van der Waals surface area contributed by atoms with Crippen LogP contribution in [0.25, 0.3) is 10.9 Å². The molecule has 3 aromatic carbocycles. The monoisotopic (exact) mass is 448 g/mol. The predicted octanol–water partition coefficient (Wildman–Crippen LogP) is 4.49. The number of fused-ring (bicyclic) bond motifs is 1. The molecule has 0 aliphatic carbocycles. The Morgan fingerprint density at radius 3 is 2.45 bits per heavy atom. The van der Waals surface area contributed by atoms with Gasteiger partial charge in [0.25, 0.3) is 5.56 Å². The molecule has 0 bridgehead atoms. The van der Waals surface area contributed by atoms with E-state index < -0.39 is 12.1 Å². The Hall–Kier alpha value is -3.25. The second-order valence-electron chi connectivity index (χ2n) is 6.50. The summed E-state index contributed by atoms with van der Waals surface area (Å²) in [6.07, 6.45) is 0.783. The molecule has 1 aromatic heterocycles. The molecule has 0 amide bonds. The zero-order chi connectivity index (χ0) is 20.2. The van der Waals surface area contributed by atoms with Gasteiger partial charge in [-0.3, -0.25) is 14.2 Å². The number of halogens is 1. The van der Waals surface area contributed by atoms with Crippen molar-refractivity contribution in [1.29, 1.82) is 0 Å². The fourth-order valence-electron chi connectivity index (χ4n) is 3.15. The van der Waals surface area contributed by atoms with Crippen LogP contribution in [-0.4, -0.2) is 15.5 Å². The number of hydrogen-bond acceptors (Lipinski definition) is 4. The Kier molecular flexibility index (Phi) is 5.53. The summed E-state index contributed by atoms with van der Waals surface area (Å²) in [5.74, 6) is -0.520.